The van der Waals surface area contributed by atoms with Crippen LogP contribution >= 0.6 is 15.9 Å². The maximum atomic E-state index is 13.5. The number of hydrogen-bond donors (Lipinski definition) is 0. The largest absolute Gasteiger partial charge is 0.288 e. The Balaban J connectivity index is 1.72. The van der Waals surface area contributed by atoms with Crippen LogP contribution in [-0.4, -0.2) is 27.6 Å². The standard InChI is InChI=1S/C23H10BrN3O3/c24-15-9-16(27-22(29)13-7-3-4-8-14(13)23(27)30)17-18-19(25-10-26-20(15)18)11-5-1-2-6-12(11)21(17)28/h1-10H. The van der Waals surface area contributed by atoms with Crippen LogP contribution in [0, 0.1) is 0 Å². The molecule has 4 aromatic rings. The van der Waals surface area contributed by atoms with Crippen molar-refractivity contribution in [2.24, 2.45) is 0 Å². The van der Waals surface area contributed by atoms with Crippen LogP contribution in [-0.2, 0) is 0 Å². The molecule has 6 rings (SSSR count). The molecule has 0 radical (unpaired) electrons. The first-order valence-corrected chi connectivity index (χ1v) is 9.96. The fourth-order valence-corrected chi connectivity index (χ4v) is 4.75. The Bertz CT molecular complexity index is 1440. The molecule has 3 aromatic carbocycles. The monoisotopic (exact) mass is 455 g/mol. The molecule has 0 bridgehead atoms. The molecule has 30 heavy (non-hydrogen) atoms. The average Bonchev–Trinajstić information content (AvgIpc) is 3.03. The van der Waals surface area contributed by atoms with Crippen LogP contribution in [0.3, 0.4) is 0 Å². The molecular weight excluding hydrogens is 446 g/mol. The molecule has 1 aliphatic heterocycles. The van der Waals surface area contributed by atoms with Crippen molar-refractivity contribution in [1.82, 2.24) is 9.97 Å². The predicted molar refractivity (Wildman–Crippen MR) is 114 cm³/mol. The van der Waals surface area contributed by atoms with Crippen LogP contribution < -0.4 is 4.90 Å². The summed E-state index contributed by atoms with van der Waals surface area (Å²) in [5.41, 5.74) is 3.47. The summed E-state index contributed by atoms with van der Waals surface area (Å²) in [6.07, 6.45) is 1.44. The molecule has 2 aliphatic rings. The van der Waals surface area contributed by atoms with Crippen LogP contribution in [0.2, 0.25) is 0 Å². The number of hydrogen-bond acceptors (Lipinski definition) is 5. The topological polar surface area (TPSA) is 80.2 Å². The van der Waals surface area contributed by atoms with E-state index in [0.717, 1.165) is 4.90 Å². The van der Waals surface area contributed by atoms with Gasteiger partial charge >= 0.3 is 0 Å². The first-order valence-electron chi connectivity index (χ1n) is 9.17. The van der Waals surface area contributed by atoms with Crippen molar-refractivity contribution in [2.45, 2.75) is 0 Å². The van der Waals surface area contributed by atoms with Gasteiger partial charge in [0.05, 0.1) is 33.6 Å². The molecule has 0 spiro atoms. The van der Waals surface area contributed by atoms with Gasteiger partial charge in [0.15, 0.2) is 5.78 Å². The molecule has 142 valence electrons. The molecule has 0 atom stereocenters. The van der Waals surface area contributed by atoms with Gasteiger partial charge in [0.2, 0.25) is 0 Å². The lowest BCUT2D eigenvalue weighted by molar-refractivity contribution is 0.0926. The lowest BCUT2D eigenvalue weighted by atomic mass is 9.85. The van der Waals surface area contributed by atoms with Crippen LogP contribution in [0.5, 0.6) is 0 Å². The summed E-state index contributed by atoms with van der Waals surface area (Å²) < 4.78 is 0.573. The van der Waals surface area contributed by atoms with E-state index in [9.17, 15) is 14.4 Å². The van der Waals surface area contributed by atoms with Crippen molar-refractivity contribution in [3.8, 4) is 11.3 Å². The number of ketones is 1. The van der Waals surface area contributed by atoms with Crippen LogP contribution in [0.15, 0.2) is 65.4 Å². The number of fused-ring (bicyclic) bond motifs is 3. The number of aromatic nitrogens is 2. The Hall–Kier alpha value is -3.71. The van der Waals surface area contributed by atoms with Crippen LogP contribution in [0.25, 0.3) is 22.2 Å². The summed E-state index contributed by atoms with van der Waals surface area (Å²) in [6, 6.07) is 15.4. The minimum atomic E-state index is -0.455. The molecular formula is C23H10BrN3O3. The van der Waals surface area contributed by atoms with E-state index in [2.05, 4.69) is 25.9 Å². The van der Waals surface area contributed by atoms with Crippen LogP contribution in [0.1, 0.15) is 36.6 Å². The number of rotatable bonds is 1. The first kappa shape index (κ1) is 17.2. The van der Waals surface area contributed by atoms with E-state index in [1.165, 1.54) is 6.33 Å². The number of nitrogens with zero attached hydrogens (tertiary/aromatic N) is 3. The van der Waals surface area contributed by atoms with Gasteiger partial charge in [0.25, 0.3) is 11.8 Å². The molecule has 0 fully saturated rings. The van der Waals surface area contributed by atoms with Crippen molar-refractivity contribution in [3.63, 3.8) is 0 Å². The molecule has 2 amide bonds. The minimum absolute atomic E-state index is 0.233. The van der Waals surface area contributed by atoms with E-state index in [1.54, 1.807) is 42.5 Å². The molecule has 6 nitrogen and oxygen atoms in total. The molecule has 1 aliphatic carbocycles. The number of imide groups is 1. The third-order valence-corrected chi connectivity index (χ3v) is 6.14. The molecule has 0 unspecified atom stereocenters. The number of benzene rings is 3. The summed E-state index contributed by atoms with van der Waals surface area (Å²) in [4.78, 5) is 49.6. The Morgan fingerprint density at radius 1 is 0.767 bits per heavy atom. The SMILES string of the molecule is O=C1c2ccccc2-c2ncnc3c(Br)cc(N4C(=O)c5ccccc5C4=O)c1c23. The quantitative estimate of drug-likeness (QED) is 0.350. The second-order valence-electron chi connectivity index (χ2n) is 7.06. The maximum absolute atomic E-state index is 13.5. The predicted octanol–water partition coefficient (Wildman–Crippen LogP) is 4.40. The third kappa shape index (κ3) is 2.04. The van der Waals surface area contributed by atoms with E-state index >= 15 is 0 Å². The summed E-state index contributed by atoms with van der Waals surface area (Å²) in [7, 11) is 0. The van der Waals surface area contributed by atoms with Crippen molar-refractivity contribution < 1.29 is 14.4 Å². The van der Waals surface area contributed by atoms with Crippen molar-refractivity contribution >= 4 is 50.1 Å². The third-order valence-electron chi connectivity index (χ3n) is 5.53. The summed E-state index contributed by atoms with van der Waals surface area (Å²) >= 11 is 3.50. The van der Waals surface area contributed by atoms with E-state index in [-0.39, 0.29) is 17.0 Å². The van der Waals surface area contributed by atoms with Crippen molar-refractivity contribution in [1.29, 1.82) is 0 Å². The zero-order chi connectivity index (χ0) is 20.6. The zero-order valence-corrected chi connectivity index (χ0v) is 16.8. The highest BCUT2D eigenvalue weighted by Gasteiger charge is 2.40. The molecule has 0 N–H and O–H groups in total. The average molecular weight is 456 g/mol. The van der Waals surface area contributed by atoms with E-state index in [1.807, 2.05) is 12.1 Å². The van der Waals surface area contributed by atoms with Crippen molar-refractivity contribution in [3.05, 3.63) is 87.7 Å². The number of carbonyl (C=O) groups excluding carboxylic acids is 3. The zero-order valence-electron chi connectivity index (χ0n) is 15.2. The molecule has 2 heterocycles. The summed E-state index contributed by atoms with van der Waals surface area (Å²) in [6.45, 7) is 0. The number of halogens is 1. The lowest BCUT2D eigenvalue weighted by Crippen LogP contribution is -2.31. The lowest BCUT2D eigenvalue weighted by Gasteiger charge is -2.24. The second-order valence-corrected chi connectivity index (χ2v) is 7.92. The maximum Gasteiger partial charge on any atom is 0.266 e. The van der Waals surface area contributed by atoms with Gasteiger partial charge in [-0.1, -0.05) is 36.4 Å². The van der Waals surface area contributed by atoms with Crippen molar-refractivity contribution in [2.75, 3.05) is 4.90 Å². The van der Waals surface area contributed by atoms with Gasteiger partial charge in [-0.2, -0.15) is 0 Å². The molecule has 7 heteroatoms. The minimum Gasteiger partial charge on any atom is -0.288 e. The Morgan fingerprint density at radius 3 is 2.03 bits per heavy atom. The highest BCUT2D eigenvalue weighted by molar-refractivity contribution is 9.10. The summed E-state index contributed by atoms with van der Waals surface area (Å²) in [5.74, 6) is -1.18. The van der Waals surface area contributed by atoms with E-state index in [0.29, 0.717) is 43.3 Å². The van der Waals surface area contributed by atoms with E-state index in [4.69, 9.17) is 0 Å². The van der Waals surface area contributed by atoms with Gasteiger partial charge in [-0.15, -0.1) is 0 Å². The Labute approximate surface area is 178 Å². The summed E-state index contributed by atoms with van der Waals surface area (Å²) in [5, 5.41) is 0.530. The number of amides is 2. The highest BCUT2D eigenvalue weighted by Crippen LogP contribution is 2.45. The van der Waals surface area contributed by atoms with Gasteiger partial charge < -0.3 is 0 Å². The van der Waals surface area contributed by atoms with Gasteiger partial charge in [-0.25, -0.2) is 14.9 Å². The second kappa shape index (κ2) is 5.90. The Morgan fingerprint density at radius 2 is 1.37 bits per heavy atom. The molecule has 0 saturated carbocycles. The van der Waals surface area contributed by atoms with Gasteiger partial charge in [0, 0.05) is 21.0 Å². The van der Waals surface area contributed by atoms with E-state index < -0.39 is 11.8 Å². The Kier molecular flexibility index (Phi) is 3.38. The van der Waals surface area contributed by atoms with Crippen LogP contribution in [0.4, 0.5) is 5.69 Å². The van der Waals surface area contributed by atoms with Gasteiger partial charge in [0.1, 0.15) is 6.33 Å². The molecule has 0 saturated heterocycles. The number of anilines is 1. The number of carbonyl (C=O) groups is 3. The molecule has 1 aromatic heterocycles. The fraction of sp³-hybridized carbons (Fsp3) is 0. The van der Waals surface area contributed by atoms with Gasteiger partial charge in [-0.05, 0) is 34.1 Å². The normalized spacial score (nSPS) is 14.3. The van der Waals surface area contributed by atoms with Gasteiger partial charge in [-0.3, -0.25) is 14.4 Å². The first-order chi connectivity index (χ1) is 14.6. The highest BCUT2D eigenvalue weighted by atomic mass is 79.9. The fourth-order valence-electron chi connectivity index (χ4n) is 4.23. The smallest absolute Gasteiger partial charge is 0.266 e.